The van der Waals surface area contributed by atoms with E-state index >= 15 is 0 Å². The number of aromatic nitrogens is 2. The second kappa shape index (κ2) is 9.84. The summed E-state index contributed by atoms with van der Waals surface area (Å²) >= 11 is 0. The maximum atomic E-state index is 13.4. The second-order valence-electron chi connectivity index (χ2n) is 7.59. The third-order valence-electron chi connectivity index (χ3n) is 5.63. The molecule has 3 rings (SSSR count). The number of likely N-dealkylation sites (tertiary alicyclic amines) is 1. The SMILES string of the molecule is CCCCC(CN(O)C=O)C(=O)N1CCCC1c1nc2ccccc2n1CCO. The van der Waals surface area contributed by atoms with Gasteiger partial charge < -0.3 is 14.6 Å². The number of hydroxylamine groups is 2. The minimum absolute atomic E-state index is 0.00138. The van der Waals surface area contributed by atoms with E-state index in [2.05, 4.69) is 0 Å². The van der Waals surface area contributed by atoms with Gasteiger partial charge in [-0.2, -0.15) is 0 Å². The first-order valence-electron chi connectivity index (χ1n) is 10.4. The largest absolute Gasteiger partial charge is 0.395 e. The number of carbonyl (C=O) groups is 2. The van der Waals surface area contributed by atoms with Crippen molar-refractivity contribution in [1.82, 2.24) is 19.5 Å². The Labute approximate surface area is 170 Å². The molecule has 2 atom stereocenters. The maximum Gasteiger partial charge on any atom is 0.233 e. The number of amides is 2. The van der Waals surface area contributed by atoms with Crippen molar-refractivity contribution in [2.75, 3.05) is 19.7 Å². The summed E-state index contributed by atoms with van der Waals surface area (Å²) in [5.74, 6) is 0.294. The zero-order chi connectivity index (χ0) is 20.8. The fourth-order valence-corrected chi connectivity index (χ4v) is 4.23. The zero-order valence-corrected chi connectivity index (χ0v) is 16.9. The highest BCUT2D eigenvalue weighted by Crippen LogP contribution is 2.35. The quantitative estimate of drug-likeness (QED) is 0.361. The molecule has 1 fully saturated rings. The molecule has 2 N–H and O–H groups in total. The average Bonchev–Trinajstić information content (AvgIpc) is 3.35. The Morgan fingerprint density at radius 3 is 2.93 bits per heavy atom. The maximum absolute atomic E-state index is 13.4. The molecule has 1 aromatic heterocycles. The highest BCUT2D eigenvalue weighted by Gasteiger charge is 2.37. The van der Waals surface area contributed by atoms with E-state index in [9.17, 15) is 19.9 Å². The molecule has 1 aliphatic heterocycles. The first-order valence-corrected chi connectivity index (χ1v) is 10.4. The van der Waals surface area contributed by atoms with Crippen LogP contribution in [0.1, 0.15) is 50.9 Å². The van der Waals surface area contributed by atoms with Crippen LogP contribution in [-0.4, -0.2) is 61.8 Å². The number of hydrogen-bond donors (Lipinski definition) is 2. The van der Waals surface area contributed by atoms with E-state index in [0.717, 1.165) is 42.5 Å². The van der Waals surface area contributed by atoms with Gasteiger partial charge in [-0.25, -0.2) is 10.0 Å². The van der Waals surface area contributed by atoms with Gasteiger partial charge in [0.05, 0.1) is 36.1 Å². The summed E-state index contributed by atoms with van der Waals surface area (Å²) < 4.78 is 2.00. The molecule has 0 spiro atoms. The lowest BCUT2D eigenvalue weighted by Gasteiger charge is -2.30. The van der Waals surface area contributed by atoms with Gasteiger partial charge in [0.25, 0.3) is 0 Å². The van der Waals surface area contributed by atoms with E-state index < -0.39 is 5.92 Å². The van der Waals surface area contributed by atoms with Gasteiger partial charge >= 0.3 is 0 Å². The summed E-state index contributed by atoms with van der Waals surface area (Å²) in [7, 11) is 0. The van der Waals surface area contributed by atoms with Crippen molar-refractivity contribution in [2.24, 2.45) is 5.92 Å². The molecule has 0 aliphatic carbocycles. The first kappa shape index (κ1) is 21.3. The number of carbonyl (C=O) groups excluding carboxylic acids is 2. The Balaban J connectivity index is 1.90. The van der Waals surface area contributed by atoms with Gasteiger partial charge in [0.2, 0.25) is 12.3 Å². The van der Waals surface area contributed by atoms with Crippen LogP contribution < -0.4 is 0 Å². The zero-order valence-electron chi connectivity index (χ0n) is 16.9. The lowest BCUT2D eigenvalue weighted by atomic mass is 9.99. The molecular weight excluding hydrogens is 372 g/mol. The molecule has 8 heteroatoms. The molecule has 0 saturated carbocycles. The van der Waals surface area contributed by atoms with Crippen molar-refractivity contribution in [3.05, 3.63) is 30.1 Å². The van der Waals surface area contributed by atoms with Crippen LogP contribution in [0.2, 0.25) is 0 Å². The molecule has 158 valence electrons. The van der Waals surface area contributed by atoms with Gasteiger partial charge in [0.15, 0.2) is 0 Å². The van der Waals surface area contributed by atoms with Crippen LogP contribution in [0, 0.1) is 5.92 Å². The molecule has 2 unspecified atom stereocenters. The fraction of sp³-hybridized carbons (Fsp3) is 0.571. The van der Waals surface area contributed by atoms with E-state index in [1.165, 1.54) is 0 Å². The number of rotatable bonds is 10. The van der Waals surface area contributed by atoms with Gasteiger partial charge in [-0.15, -0.1) is 0 Å². The third kappa shape index (κ3) is 4.59. The summed E-state index contributed by atoms with van der Waals surface area (Å²) in [6.45, 7) is 3.09. The molecule has 1 aliphatic rings. The molecule has 29 heavy (non-hydrogen) atoms. The molecule has 8 nitrogen and oxygen atoms in total. The number of para-hydroxylation sites is 2. The van der Waals surface area contributed by atoms with Crippen molar-refractivity contribution in [3.63, 3.8) is 0 Å². The number of benzene rings is 1. The molecule has 2 heterocycles. The third-order valence-corrected chi connectivity index (χ3v) is 5.63. The average molecular weight is 402 g/mol. The molecule has 2 amide bonds. The highest BCUT2D eigenvalue weighted by atomic mass is 16.5. The first-order chi connectivity index (χ1) is 14.1. The smallest absolute Gasteiger partial charge is 0.233 e. The number of hydrogen-bond acceptors (Lipinski definition) is 5. The molecular formula is C21H30N4O4. The second-order valence-corrected chi connectivity index (χ2v) is 7.59. The Bertz CT molecular complexity index is 837. The predicted octanol–water partition coefficient (Wildman–Crippen LogP) is 2.35. The Hall–Kier alpha value is -2.45. The van der Waals surface area contributed by atoms with Gasteiger partial charge in [0.1, 0.15) is 5.82 Å². The number of imidazole rings is 1. The summed E-state index contributed by atoms with van der Waals surface area (Å²) in [5, 5.41) is 19.8. The summed E-state index contributed by atoms with van der Waals surface area (Å²) in [6.07, 6.45) is 4.43. The van der Waals surface area contributed by atoms with E-state index in [0.29, 0.717) is 31.0 Å². The molecule has 0 bridgehead atoms. The van der Waals surface area contributed by atoms with Crippen molar-refractivity contribution >= 4 is 23.4 Å². The fourth-order valence-electron chi connectivity index (χ4n) is 4.23. The van der Waals surface area contributed by atoms with Crippen LogP contribution in [0.25, 0.3) is 11.0 Å². The lowest BCUT2D eigenvalue weighted by Crippen LogP contribution is -2.41. The van der Waals surface area contributed by atoms with Crippen molar-refractivity contribution in [2.45, 2.75) is 51.6 Å². The topological polar surface area (TPSA) is 98.9 Å². The molecule has 2 aromatic rings. The molecule has 1 aromatic carbocycles. The number of fused-ring (bicyclic) bond motifs is 1. The van der Waals surface area contributed by atoms with Gasteiger partial charge in [-0.05, 0) is 31.4 Å². The Morgan fingerprint density at radius 1 is 1.41 bits per heavy atom. The van der Waals surface area contributed by atoms with Gasteiger partial charge in [-0.3, -0.25) is 14.8 Å². The van der Waals surface area contributed by atoms with E-state index in [4.69, 9.17) is 4.98 Å². The summed E-state index contributed by atoms with van der Waals surface area (Å²) in [4.78, 5) is 30.9. The summed E-state index contributed by atoms with van der Waals surface area (Å²) in [6, 6.07) is 7.60. The Kier molecular flexibility index (Phi) is 7.22. The van der Waals surface area contributed by atoms with Crippen LogP contribution in [0.15, 0.2) is 24.3 Å². The minimum atomic E-state index is -0.443. The highest BCUT2D eigenvalue weighted by molar-refractivity contribution is 5.81. The normalized spacial score (nSPS) is 17.6. The van der Waals surface area contributed by atoms with E-state index in [1.54, 1.807) is 0 Å². The van der Waals surface area contributed by atoms with Crippen LogP contribution in [0.4, 0.5) is 0 Å². The number of nitrogens with zero attached hydrogens (tertiary/aromatic N) is 4. The van der Waals surface area contributed by atoms with Crippen LogP contribution in [-0.2, 0) is 16.1 Å². The monoisotopic (exact) mass is 402 g/mol. The number of aliphatic hydroxyl groups is 1. The van der Waals surface area contributed by atoms with Crippen molar-refractivity contribution in [1.29, 1.82) is 0 Å². The van der Waals surface area contributed by atoms with E-state index in [-0.39, 0.29) is 25.1 Å². The van der Waals surface area contributed by atoms with Crippen LogP contribution >= 0.6 is 0 Å². The lowest BCUT2D eigenvalue weighted by molar-refractivity contribution is -0.157. The Morgan fingerprint density at radius 2 is 2.21 bits per heavy atom. The van der Waals surface area contributed by atoms with Crippen LogP contribution in [0.3, 0.4) is 0 Å². The predicted molar refractivity (Wildman–Crippen MR) is 108 cm³/mol. The molecule has 1 saturated heterocycles. The molecule has 0 radical (unpaired) electrons. The van der Waals surface area contributed by atoms with Crippen molar-refractivity contribution < 1.29 is 19.9 Å². The van der Waals surface area contributed by atoms with Gasteiger partial charge in [0, 0.05) is 13.1 Å². The van der Waals surface area contributed by atoms with Crippen LogP contribution in [0.5, 0.6) is 0 Å². The number of aliphatic hydroxyl groups excluding tert-OH is 1. The van der Waals surface area contributed by atoms with E-state index in [1.807, 2.05) is 40.7 Å². The minimum Gasteiger partial charge on any atom is -0.395 e. The van der Waals surface area contributed by atoms with Gasteiger partial charge in [-0.1, -0.05) is 31.9 Å². The van der Waals surface area contributed by atoms with Crippen molar-refractivity contribution in [3.8, 4) is 0 Å². The standard InChI is InChI=1S/C21H30N4O4/c1-2-3-7-16(14-23(29)15-27)21(28)25-11-6-10-19(25)20-22-17-8-4-5-9-18(17)24(20)12-13-26/h4-5,8-9,15-16,19,26,29H,2-3,6-7,10-14H2,1H3. The summed E-state index contributed by atoms with van der Waals surface area (Å²) in [5.41, 5.74) is 1.79. The number of unbranched alkanes of at least 4 members (excludes halogenated alkanes) is 1.